The van der Waals surface area contributed by atoms with Gasteiger partial charge in [0, 0.05) is 9.79 Å². The zero-order valence-electron chi connectivity index (χ0n) is 14.7. The topological polar surface area (TPSA) is 102 Å². The second kappa shape index (κ2) is 9.29. The molecular formula is C18H12Cl2O6S4. The Hall–Kier alpha value is -1.56. The molecule has 3 aromatic carbocycles. The van der Waals surface area contributed by atoms with Crippen molar-refractivity contribution in [1.29, 1.82) is 0 Å². The van der Waals surface area contributed by atoms with E-state index in [-0.39, 0.29) is 0 Å². The van der Waals surface area contributed by atoms with Crippen LogP contribution in [0.15, 0.2) is 90.0 Å². The lowest BCUT2D eigenvalue weighted by Crippen LogP contribution is -2.08. The van der Waals surface area contributed by atoms with Crippen molar-refractivity contribution in [2.24, 2.45) is 0 Å². The van der Waals surface area contributed by atoms with Crippen LogP contribution in [-0.2, 0) is 31.2 Å². The van der Waals surface area contributed by atoms with Gasteiger partial charge in [0.15, 0.2) is 21.4 Å². The van der Waals surface area contributed by atoms with Crippen molar-refractivity contribution in [3.63, 3.8) is 0 Å². The standard InChI is InChI=1S/C18H12Cl2O6S4/c19-12-4-3-5-13(20)18(12)27-11-8-9-17(15(10-11)29(23)24)30(25,26)16-7-2-1-6-14(16)28(21)22/h1-10,28-29H. The molecule has 0 saturated heterocycles. The summed E-state index contributed by atoms with van der Waals surface area (Å²) in [5.74, 6) is 0. The summed E-state index contributed by atoms with van der Waals surface area (Å²) in [6.45, 7) is 0. The number of benzene rings is 3. The highest BCUT2D eigenvalue weighted by molar-refractivity contribution is 7.99. The maximum absolute atomic E-state index is 13.1. The summed E-state index contributed by atoms with van der Waals surface area (Å²) in [5, 5.41) is 0.705. The zero-order valence-corrected chi connectivity index (χ0v) is 19.6. The van der Waals surface area contributed by atoms with E-state index in [1.165, 1.54) is 24.3 Å². The van der Waals surface area contributed by atoms with Crippen LogP contribution in [0.5, 0.6) is 0 Å². The highest BCUT2D eigenvalue weighted by atomic mass is 35.5. The fourth-order valence-corrected chi connectivity index (χ4v) is 7.73. The highest BCUT2D eigenvalue weighted by Crippen LogP contribution is 2.40. The van der Waals surface area contributed by atoms with E-state index in [9.17, 15) is 25.3 Å². The monoisotopic (exact) mass is 522 g/mol. The maximum Gasteiger partial charge on any atom is 0.209 e. The molecule has 0 atom stereocenters. The zero-order chi connectivity index (χ0) is 22.1. The van der Waals surface area contributed by atoms with Gasteiger partial charge in [-0.3, -0.25) is 0 Å². The van der Waals surface area contributed by atoms with Gasteiger partial charge >= 0.3 is 0 Å². The van der Waals surface area contributed by atoms with E-state index in [1.807, 2.05) is 0 Å². The summed E-state index contributed by atoms with van der Waals surface area (Å²) >= 11 is 13.3. The first-order chi connectivity index (χ1) is 14.1. The minimum Gasteiger partial charge on any atom is -0.227 e. The van der Waals surface area contributed by atoms with Crippen LogP contribution in [0.2, 0.25) is 10.0 Å². The molecule has 0 fully saturated rings. The van der Waals surface area contributed by atoms with Crippen LogP contribution < -0.4 is 0 Å². The van der Waals surface area contributed by atoms with E-state index in [0.717, 1.165) is 30.0 Å². The Morgan fingerprint density at radius 2 is 1.27 bits per heavy atom. The predicted octanol–water partition coefficient (Wildman–Crippen LogP) is 3.92. The molecule has 3 aromatic rings. The average Bonchev–Trinajstić information content (AvgIpc) is 2.70. The summed E-state index contributed by atoms with van der Waals surface area (Å²) in [6.07, 6.45) is 0. The van der Waals surface area contributed by atoms with Gasteiger partial charge in [-0.15, -0.1) is 0 Å². The van der Waals surface area contributed by atoms with Crippen molar-refractivity contribution in [3.05, 3.63) is 70.7 Å². The second-order valence-electron chi connectivity index (χ2n) is 5.77. The molecule has 158 valence electrons. The number of rotatable bonds is 6. The lowest BCUT2D eigenvalue weighted by Gasteiger charge is -2.11. The van der Waals surface area contributed by atoms with Crippen LogP contribution in [0.25, 0.3) is 0 Å². The van der Waals surface area contributed by atoms with Gasteiger partial charge in [-0.1, -0.05) is 53.2 Å². The van der Waals surface area contributed by atoms with Crippen molar-refractivity contribution < 1.29 is 25.3 Å². The number of sulfone groups is 1. The van der Waals surface area contributed by atoms with Gasteiger partial charge in [0.2, 0.25) is 9.84 Å². The Morgan fingerprint density at radius 3 is 1.87 bits per heavy atom. The predicted molar refractivity (Wildman–Crippen MR) is 116 cm³/mol. The third-order valence-corrected chi connectivity index (χ3v) is 9.61. The van der Waals surface area contributed by atoms with Crippen molar-refractivity contribution in [2.75, 3.05) is 0 Å². The first-order valence-electron chi connectivity index (χ1n) is 8.01. The Kier molecular flexibility index (Phi) is 7.16. The minimum atomic E-state index is -4.43. The number of thiol groups is 2. The van der Waals surface area contributed by atoms with Gasteiger partial charge in [0.25, 0.3) is 0 Å². The largest absolute Gasteiger partial charge is 0.227 e. The third kappa shape index (κ3) is 4.68. The molecule has 0 heterocycles. The molecule has 0 saturated carbocycles. The molecule has 0 radical (unpaired) electrons. The van der Waals surface area contributed by atoms with Crippen LogP contribution in [-0.4, -0.2) is 25.3 Å². The molecule has 30 heavy (non-hydrogen) atoms. The van der Waals surface area contributed by atoms with E-state index >= 15 is 0 Å². The van der Waals surface area contributed by atoms with Crippen LogP contribution >= 0.6 is 35.0 Å². The molecule has 6 nitrogen and oxygen atoms in total. The van der Waals surface area contributed by atoms with Gasteiger partial charge in [0.05, 0.1) is 29.6 Å². The normalized spacial score (nSPS) is 11.9. The van der Waals surface area contributed by atoms with Crippen molar-refractivity contribution in [3.8, 4) is 0 Å². The molecule has 0 bridgehead atoms. The molecule has 3 rings (SSSR count). The van der Waals surface area contributed by atoms with Crippen molar-refractivity contribution in [2.45, 2.75) is 29.4 Å². The SMILES string of the molecule is O=[SH](=O)c1ccccc1S(=O)(=O)c1ccc(Sc2c(Cl)cccc2Cl)cc1[SH](=O)=O. The number of hydrogen-bond donors (Lipinski definition) is 2. The minimum absolute atomic E-state index is 0.352. The van der Waals surface area contributed by atoms with Gasteiger partial charge < -0.3 is 0 Å². The van der Waals surface area contributed by atoms with E-state index in [1.54, 1.807) is 18.2 Å². The molecule has 0 aliphatic heterocycles. The van der Waals surface area contributed by atoms with E-state index in [2.05, 4.69) is 0 Å². The molecular weight excluding hydrogens is 511 g/mol. The average molecular weight is 523 g/mol. The molecule has 0 aliphatic rings. The highest BCUT2D eigenvalue weighted by Gasteiger charge is 2.26. The Balaban J connectivity index is 2.16. The van der Waals surface area contributed by atoms with Crippen LogP contribution in [0.1, 0.15) is 0 Å². The first kappa shape index (κ1) is 23.1. The van der Waals surface area contributed by atoms with Crippen LogP contribution in [0, 0.1) is 0 Å². The summed E-state index contributed by atoms with van der Waals surface area (Å²) < 4.78 is 72.8. The van der Waals surface area contributed by atoms with E-state index in [4.69, 9.17) is 23.2 Å². The number of halogens is 2. The maximum atomic E-state index is 13.1. The molecule has 0 unspecified atom stereocenters. The molecule has 0 N–H and O–H groups in total. The van der Waals surface area contributed by atoms with E-state index in [0.29, 0.717) is 19.8 Å². The van der Waals surface area contributed by atoms with E-state index < -0.39 is 50.8 Å². The summed E-state index contributed by atoms with van der Waals surface area (Å²) in [4.78, 5) is -1.01. The first-order valence-corrected chi connectivity index (χ1v) is 13.4. The van der Waals surface area contributed by atoms with Crippen molar-refractivity contribution in [1.82, 2.24) is 0 Å². The molecule has 0 spiro atoms. The summed E-state index contributed by atoms with van der Waals surface area (Å²) in [5.41, 5.74) is 0. The van der Waals surface area contributed by atoms with Gasteiger partial charge in [-0.05, 0) is 42.5 Å². The van der Waals surface area contributed by atoms with Gasteiger partial charge in [-0.2, -0.15) is 0 Å². The lowest BCUT2D eigenvalue weighted by atomic mass is 10.3. The number of hydrogen-bond acceptors (Lipinski definition) is 7. The van der Waals surface area contributed by atoms with Crippen molar-refractivity contribution >= 4 is 66.2 Å². The second-order valence-corrected chi connectivity index (χ2v) is 11.5. The Labute approximate surface area is 190 Å². The summed E-state index contributed by atoms with van der Waals surface area (Å²) in [7, 11) is -10.9. The smallest absolute Gasteiger partial charge is 0.209 e. The Morgan fingerprint density at radius 1 is 0.700 bits per heavy atom. The quantitative estimate of drug-likeness (QED) is 0.473. The van der Waals surface area contributed by atoms with Gasteiger partial charge in [0.1, 0.15) is 0 Å². The third-order valence-electron chi connectivity index (χ3n) is 3.91. The summed E-state index contributed by atoms with van der Waals surface area (Å²) in [6, 6.07) is 13.6. The molecule has 0 aromatic heterocycles. The Bertz CT molecular complexity index is 1360. The molecule has 12 heteroatoms. The van der Waals surface area contributed by atoms with Crippen LogP contribution in [0.4, 0.5) is 0 Å². The van der Waals surface area contributed by atoms with Gasteiger partial charge in [-0.25, -0.2) is 25.3 Å². The molecule has 0 amide bonds. The fourth-order valence-electron chi connectivity index (χ4n) is 2.58. The fraction of sp³-hybridized carbons (Fsp3) is 0. The lowest BCUT2D eigenvalue weighted by molar-refractivity contribution is 0.584. The van der Waals surface area contributed by atoms with Crippen LogP contribution in [0.3, 0.4) is 0 Å². The molecule has 0 aliphatic carbocycles.